The number of nitrogens with zero attached hydrogens (tertiary/aromatic N) is 1. The van der Waals surface area contributed by atoms with E-state index in [1.54, 1.807) is 6.07 Å². The Hall–Kier alpha value is -2.17. The normalized spacial score (nSPS) is 23.9. The molecule has 120 valence electrons. The van der Waals surface area contributed by atoms with Gasteiger partial charge in [-0.2, -0.15) is 0 Å². The van der Waals surface area contributed by atoms with Crippen molar-refractivity contribution >= 4 is 5.91 Å². The highest BCUT2D eigenvalue weighted by molar-refractivity contribution is 5.93. The molecule has 5 heteroatoms. The second kappa shape index (κ2) is 5.80. The highest BCUT2D eigenvalue weighted by atomic mass is 19.1. The van der Waals surface area contributed by atoms with Crippen molar-refractivity contribution in [2.75, 3.05) is 0 Å². The van der Waals surface area contributed by atoms with Gasteiger partial charge in [-0.15, -0.1) is 0 Å². The molecular formula is C18H19FN2O2. The molecule has 2 saturated carbocycles. The minimum absolute atomic E-state index is 0.0656. The molecule has 0 aliphatic heterocycles. The van der Waals surface area contributed by atoms with Crippen LogP contribution in [-0.2, 0) is 0 Å². The Morgan fingerprint density at radius 3 is 2.74 bits per heavy atom. The number of amides is 1. The van der Waals surface area contributed by atoms with Crippen molar-refractivity contribution in [2.24, 2.45) is 0 Å². The van der Waals surface area contributed by atoms with E-state index in [1.807, 2.05) is 12.1 Å². The van der Waals surface area contributed by atoms with Gasteiger partial charge in [0, 0.05) is 12.0 Å². The van der Waals surface area contributed by atoms with E-state index < -0.39 is 0 Å². The van der Waals surface area contributed by atoms with E-state index in [1.165, 1.54) is 12.5 Å². The quantitative estimate of drug-likeness (QED) is 0.935. The minimum atomic E-state index is -0.167. The summed E-state index contributed by atoms with van der Waals surface area (Å²) < 4.78 is 19.3. The zero-order chi connectivity index (χ0) is 15.8. The molecule has 4 nitrogen and oxygen atoms in total. The van der Waals surface area contributed by atoms with Crippen LogP contribution in [0.15, 0.2) is 35.1 Å². The molecule has 1 aromatic heterocycles. The molecule has 0 unspecified atom stereocenters. The van der Waals surface area contributed by atoms with E-state index in [0.29, 0.717) is 17.4 Å². The van der Waals surface area contributed by atoms with Crippen LogP contribution in [0.4, 0.5) is 4.39 Å². The number of rotatable bonds is 4. The fourth-order valence-corrected chi connectivity index (χ4v) is 3.52. The molecule has 4 rings (SSSR count). The van der Waals surface area contributed by atoms with Crippen LogP contribution in [0.2, 0.25) is 0 Å². The molecule has 1 N–H and O–H groups in total. The van der Waals surface area contributed by atoms with E-state index in [9.17, 15) is 9.18 Å². The molecular weight excluding hydrogens is 295 g/mol. The van der Waals surface area contributed by atoms with Crippen LogP contribution in [0.3, 0.4) is 0 Å². The Balaban J connectivity index is 1.41. The van der Waals surface area contributed by atoms with Gasteiger partial charge in [0.05, 0.1) is 0 Å². The second-order valence-corrected chi connectivity index (χ2v) is 6.54. The summed E-state index contributed by atoms with van der Waals surface area (Å²) in [5.41, 5.74) is 1.17. The maximum atomic E-state index is 13.9. The molecule has 0 radical (unpaired) electrons. The Labute approximate surface area is 134 Å². The van der Waals surface area contributed by atoms with Crippen molar-refractivity contribution in [3.05, 3.63) is 53.5 Å². The standard InChI is InChI=1S/C18H19FN2O2/c19-15-4-2-1-3-14(15)12-7-8-13(9-12)21-18(22)16-17(11-5-6-11)23-10-20-16/h1-4,10-13H,5-9H2,(H,21,22)/t12-,13+/m0/s1. The van der Waals surface area contributed by atoms with Crippen LogP contribution in [0, 0.1) is 5.82 Å². The smallest absolute Gasteiger partial charge is 0.273 e. The molecule has 2 atom stereocenters. The third kappa shape index (κ3) is 2.87. The van der Waals surface area contributed by atoms with Gasteiger partial charge in [0.25, 0.3) is 5.91 Å². The van der Waals surface area contributed by atoms with Crippen molar-refractivity contribution in [1.29, 1.82) is 0 Å². The maximum Gasteiger partial charge on any atom is 0.273 e. The first-order valence-corrected chi connectivity index (χ1v) is 8.21. The summed E-state index contributed by atoms with van der Waals surface area (Å²) in [6, 6.07) is 6.97. The van der Waals surface area contributed by atoms with Gasteiger partial charge >= 0.3 is 0 Å². The lowest BCUT2D eigenvalue weighted by Gasteiger charge is -2.14. The molecule has 0 bridgehead atoms. The third-order valence-electron chi connectivity index (χ3n) is 4.87. The van der Waals surface area contributed by atoms with Crippen molar-refractivity contribution in [2.45, 2.75) is 50.0 Å². The molecule has 1 aromatic carbocycles. The fraction of sp³-hybridized carbons (Fsp3) is 0.444. The topological polar surface area (TPSA) is 55.1 Å². The van der Waals surface area contributed by atoms with Crippen molar-refractivity contribution in [3.8, 4) is 0 Å². The lowest BCUT2D eigenvalue weighted by Crippen LogP contribution is -2.33. The number of nitrogens with one attached hydrogen (secondary N) is 1. The Bertz CT molecular complexity index is 723. The summed E-state index contributed by atoms with van der Waals surface area (Å²) in [4.78, 5) is 16.5. The number of benzene rings is 1. The van der Waals surface area contributed by atoms with Gasteiger partial charge < -0.3 is 9.73 Å². The first kappa shape index (κ1) is 14.4. The molecule has 2 aliphatic carbocycles. The van der Waals surface area contributed by atoms with Gasteiger partial charge in [-0.3, -0.25) is 4.79 Å². The van der Waals surface area contributed by atoms with E-state index in [0.717, 1.165) is 37.7 Å². The number of hydrogen-bond acceptors (Lipinski definition) is 3. The largest absolute Gasteiger partial charge is 0.447 e. The maximum absolute atomic E-state index is 13.9. The predicted octanol–water partition coefficient (Wildman–Crippen LogP) is 3.76. The molecule has 0 saturated heterocycles. The van der Waals surface area contributed by atoms with Crippen molar-refractivity contribution in [3.63, 3.8) is 0 Å². The summed E-state index contributed by atoms with van der Waals surface area (Å²) >= 11 is 0. The number of carbonyl (C=O) groups excluding carboxylic acids is 1. The summed E-state index contributed by atoms with van der Waals surface area (Å²) in [7, 11) is 0. The molecule has 2 aromatic rings. The SMILES string of the molecule is O=C(N[C@@H]1CC[C@H](c2ccccc2F)C1)c1ncoc1C1CC1. The summed E-state index contributed by atoms with van der Waals surface area (Å²) in [5, 5.41) is 3.04. The van der Waals surface area contributed by atoms with Gasteiger partial charge in [0.2, 0.25) is 0 Å². The summed E-state index contributed by atoms with van der Waals surface area (Å²) in [5.74, 6) is 0.915. The van der Waals surface area contributed by atoms with Crippen LogP contribution < -0.4 is 5.32 Å². The Kier molecular flexibility index (Phi) is 3.63. The highest BCUT2D eigenvalue weighted by Gasteiger charge is 2.34. The summed E-state index contributed by atoms with van der Waals surface area (Å²) in [6.45, 7) is 0. The first-order valence-electron chi connectivity index (χ1n) is 8.21. The van der Waals surface area contributed by atoms with Gasteiger partial charge in [-0.25, -0.2) is 9.37 Å². The monoisotopic (exact) mass is 314 g/mol. The van der Waals surface area contributed by atoms with Crippen LogP contribution in [0.5, 0.6) is 0 Å². The summed E-state index contributed by atoms with van der Waals surface area (Å²) in [6.07, 6.45) is 5.99. The average Bonchev–Trinajstić information content (AvgIpc) is 3.09. The number of oxazole rings is 1. The van der Waals surface area contributed by atoms with Gasteiger partial charge in [0.1, 0.15) is 11.6 Å². The van der Waals surface area contributed by atoms with E-state index in [4.69, 9.17) is 4.42 Å². The first-order chi connectivity index (χ1) is 11.2. The Morgan fingerprint density at radius 2 is 1.96 bits per heavy atom. The van der Waals surface area contributed by atoms with Gasteiger partial charge in [0.15, 0.2) is 12.1 Å². The molecule has 2 aliphatic rings. The minimum Gasteiger partial charge on any atom is -0.447 e. The molecule has 23 heavy (non-hydrogen) atoms. The molecule has 0 spiro atoms. The van der Waals surface area contributed by atoms with Crippen LogP contribution in [-0.4, -0.2) is 16.9 Å². The molecule has 1 heterocycles. The Morgan fingerprint density at radius 1 is 1.17 bits per heavy atom. The highest BCUT2D eigenvalue weighted by Crippen LogP contribution is 2.41. The van der Waals surface area contributed by atoms with Gasteiger partial charge in [-0.05, 0) is 49.7 Å². The predicted molar refractivity (Wildman–Crippen MR) is 82.7 cm³/mol. The number of halogens is 1. The lowest BCUT2D eigenvalue weighted by molar-refractivity contribution is 0.0931. The number of carbonyl (C=O) groups is 1. The van der Waals surface area contributed by atoms with Crippen molar-refractivity contribution < 1.29 is 13.6 Å². The van der Waals surface area contributed by atoms with E-state index in [2.05, 4.69) is 10.3 Å². The number of aromatic nitrogens is 1. The average molecular weight is 314 g/mol. The number of hydrogen-bond donors (Lipinski definition) is 1. The molecule has 2 fully saturated rings. The van der Waals surface area contributed by atoms with Gasteiger partial charge in [-0.1, -0.05) is 18.2 Å². The van der Waals surface area contributed by atoms with Crippen LogP contribution >= 0.6 is 0 Å². The van der Waals surface area contributed by atoms with Crippen molar-refractivity contribution in [1.82, 2.24) is 10.3 Å². The second-order valence-electron chi connectivity index (χ2n) is 6.54. The third-order valence-corrected chi connectivity index (χ3v) is 4.87. The zero-order valence-corrected chi connectivity index (χ0v) is 12.8. The lowest BCUT2D eigenvalue weighted by atomic mass is 9.97. The zero-order valence-electron chi connectivity index (χ0n) is 12.8. The van der Waals surface area contributed by atoms with Crippen LogP contribution in [0.1, 0.15) is 65.8 Å². The van der Waals surface area contributed by atoms with E-state index in [-0.39, 0.29) is 23.7 Å². The van der Waals surface area contributed by atoms with Crippen LogP contribution in [0.25, 0.3) is 0 Å². The molecule has 1 amide bonds. The fourth-order valence-electron chi connectivity index (χ4n) is 3.52. The van der Waals surface area contributed by atoms with E-state index >= 15 is 0 Å².